The third-order valence-corrected chi connectivity index (χ3v) is 7.26. The molecule has 5 heterocycles. The van der Waals surface area contributed by atoms with Gasteiger partial charge in [0, 0.05) is 23.5 Å². The molecule has 0 amide bonds. The van der Waals surface area contributed by atoms with Gasteiger partial charge in [0.15, 0.2) is 11.2 Å². The second-order valence-electron chi connectivity index (χ2n) is 9.36. The first-order chi connectivity index (χ1) is 16.2. The molecule has 0 bridgehead atoms. The van der Waals surface area contributed by atoms with Crippen molar-refractivity contribution in [2.24, 2.45) is 0 Å². The first kappa shape index (κ1) is 22.2. The fourth-order valence-corrected chi connectivity index (χ4v) is 5.35. The van der Waals surface area contributed by atoms with Crippen LogP contribution in [0.3, 0.4) is 0 Å². The molecule has 2 fully saturated rings. The minimum absolute atomic E-state index is 0.342. The standard InChI is InChI=1S/C13H17BN2O2.C13H15NO/c1-14(17)16-7-4-10(5-8-16)11-9-18-12-3-2-6-15-13(11)12;1-2-5-10(6-3-1)11-9-15-12-7-4-8-14-13(11)12/h2-3,6,9-10,17H,4-5,7-8H2,1H3;4,7-10H,1-3,5-6H2. The van der Waals surface area contributed by atoms with E-state index in [0.717, 1.165) is 48.1 Å². The van der Waals surface area contributed by atoms with Gasteiger partial charge < -0.3 is 18.7 Å². The summed E-state index contributed by atoms with van der Waals surface area (Å²) in [4.78, 5) is 10.9. The Morgan fingerprint density at radius 3 is 1.85 bits per heavy atom. The molecule has 1 aliphatic carbocycles. The summed E-state index contributed by atoms with van der Waals surface area (Å²) in [5, 5.41) is 9.56. The van der Waals surface area contributed by atoms with Crippen LogP contribution >= 0.6 is 0 Å². The number of piperidine rings is 1. The molecular formula is C26H32BN3O3. The zero-order chi connectivity index (χ0) is 22.6. The number of aromatic nitrogens is 2. The van der Waals surface area contributed by atoms with Gasteiger partial charge in [0.1, 0.15) is 11.0 Å². The van der Waals surface area contributed by atoms with Crippen molar-refractivity contribution in [2.75, 3.05) is 13.1 Å². The molecule has 4 aromatic heterocycles. The van der Waals surface area contributed by atoms with Gasteiger partial charge in [-0.15, -0.1) is 0 Å². The van der Waals surface area contributed by atoms with Gasteiger partial charge in [-0.25, -0.2) is 0 Å². The average Bonchev–Trinajstić information content (AvgIpc) is 3.50. The SMILES string of the molecule is CB(O)N1CCC(c2coc3cccnc23)CC1.c1cnc2c(C3CCCCC3)coc2c1. The monoisotopic (exact) mass is 445 g/mol. The van der Waals surface area contributed by atoms with Gasteiger partial charge in [0.05, 0.1) is 12.5 Å². The maximum atomic E-state index is 9.56. The summed E-state index contributed by atoms with van der Waals surface area (Å²) < 4.78 is 11.1. The maximum Gasteiger partial charge on any atom is 0.376 e. The summed E-state index contributed by atoms with van der Waals surface area (Å²) in [5.41, 5.74) is 6.40. The molecule has 0 unspecified atom stereocenters. The molecule has 6 rings (SSSR count). The van der Waals surface area contributed by atoms with Crippen molar-refractivity contribution < 1.29 is 13.9 Å². The summed E-state index contributed by atoms with van der Waals surface area (Å²) in [7, 11) is -0.342. The highest BCUT2D eigenvalue weighted by atomic mass is 16.3. The number of nitrogens with zero attached hydrogens (tertiary/aromatic N) is 3. The lowest BCUT2D eigenvalue weighted by Gasteiger charge is -2.32. The fourth-order valence-electron chi connectivity index (χ4n) is 5.35. The predicted octanol–water partition coefficient (Wildman–Crippen LogP) is 5.99. The van der Waals surface area contributed by atoms with Crippen LogP contribution < -0.4 is 0 Å². The van der Waals surface area contributed by atoms with E-state index >= 15 is 0 Å². The van der Waals surface area contributed by atoms with Crippen LogP contribution in [0.4, 0.5) is 0 Å². The van der Waals surface area contributed by atoms with Crippen LogP contribution in [0.25, 0.3) is 22.2 Å². The van der Waals surface area contributed by atoms with Crippen LogP contribution in [0.1, 0.15) is 67.9 Å². The molecule has 2 aliphatic rings. The number of hydrogen-bond acceptors (Lipinski definition) is 6. The third kappa shape index (κ3) is 4.85. The van der Waals surface area contributed by atoms with Gasteiger partial charge in [0.2, 0.25) is 0 Å². The van der Waals surface area contributed by atoms with Gasteiger partial charge >= 0.3 is 7.05 Å². The predicted molar refractivity (Wildman–Crippen MR) is 131 cm³/mol. The quantitative estimate of drug-likeness (QED) is 0.390. The first-order valence-electron chi connectivity index (χ1n) is 12.3. The smallest absolute Gasteiger partial charge is 0.376 e. The number of pyridine rings is 2. The van der Waals surface area contributed by atoms with E-state index in [0.29, 0.717) is 11.8 Å². The summed E-state index contributed by atoms with van der Waals surface area (Å²) in [6, 6.07) is 7.77. The van der Waals surface area contributed by atoms with Crippen LogP contribution in [-0.4, -0.2) is 39.9 Å². The van der Waals surface area contributed by atoms with Gasteiger partial charge in [-0.3, -0.25) is 9.97 Å². The summed E-state index contributed by atoms with van der Waals surface area (Å²) in [6.07, 6.45) is 16.2. The topological polar surface area (TPSA) is 75.5 Å². The molecule has 1 saturated heterocycles. The molecule has 1 N–H and O–H groups in total. The summed E-state index contributed by atoms with van der Waals surface area (Å²) in [6.45, 7) is 3.69. The van der Waals surface area contributed by atoms with Crippen molar-refractivity contribution in [3.05, 3.63) is 60.3 Å². The van der Waals surface area contributed by atoms with E-state index in [1.807, 2.05) is 56.0 Å². The van der Waals surface area contributed by atoms with Crippen LogP contribution in [0.2, 0.25) is 6.82 Å². The van der Waals surface area contributed by atoms with Gasteiger partial charge in [-0.2, -0.15) is 0 Å². The van der Waals surface area contributed by atoms with E-state index in [-0.39, 0.29) is 7.05 Å². The molecule has 1 saturated carbocycles. The van der Waals surface area contributed by atoms with E-state index < -0.39 is 0 Å². The number of furan rings is 2. The summed E-state index contributed by atoms with van der Waals surface area (Å²) in [5.74, 6) is 1.17. The molecule has 0 atom stereocenters. The number of fused-ring (bicyclic) bond motifs is 2. The third-order valence-electron chi connectivity index (χ3n) is 7.26. The Morgan fingerprint density at radius 1 is 0.818 bits per heavy atom. The molecule has 7 heteroatoms. The van der Waals surface area contributed by atoms with Crippen molar-refractivity contribution in [1.29, 1.82) is 0 Å². The van der Waals surface area contributed by atoms with E-state index in [4.69, 9.17) is 8.83 Å². The Morgan fingerprint density at radius 2 is 1.33 bits per heavy atom. The fraction of sp³-hybridized carbons (Fsp3) is 0.462. The Labute approximate surface area is 195 Å². The van der Waals surface area contributed by atoms with Crippen molar-refractivity contribution in [1.82, 2.24) is 14.8 Å². The first-order valence-corrected chi connectivity index (χ1v) is 12.3. The van der Waals surface area contributed by atoms with Crippen LogP contribution in [0.5, 0.6) is 0 Å². The van der Waals surface area contributed by atoms with Crippen LogP contribution in [-0.2, 0) is 0 Å². The lowest BCUT2D eigenvalue weighted by atomic mass is 9.80. The lowest BCUT2D eigenvalue weighted by molar-refractivity contribution is 0.289. The Kier molecular flexibility index (Phi) is 6.79. The highest BCUT2D eigenvalue weighted by Crippen LogP contribution is 2.36. The molecule has 6 nitrogen and oxygen atoms in total. The maximum absolute atomic E-state index is 9.56. The lowest BCUT2D eigenvalue weighted by Crippen LogP contribution is -2.42. The molecule has 33 heavy (non-hydrogen) atoms. The largest absolute Gasteiger partial charge is 0.462 e. The molecule has 172 valence electrons. The zero-order valence-corrected chi connectivity index (χ0v) is 19.3. The second-order valence-corrected chi connectivity index (χ2v) is 9.36. The highest BCUT2D eigenvalue weighted by molar-refractivity contribution is 6.45. The summed E-state index contributed by atoms with van der Waals surface area (Å²) >= 11 is 0. The van der Waals surface area contributed by atoms with Gasteiger partial charge in [-0.1, -0.05) is 19.3 Å². The van der Waals surface area contributed by atoms with E-state index in [9.17, 15) is 5.02 Å². The Hall–Kier alpha value is -2.64. The normalized spacial score (nSPS) is 18.4. The zero-order valence-electron chi connectivity index (χ0n) is 19.3. The van der Waals surface area contributed by atoms with Crippen LogP contribution in [0, 0.1) is 0 Å². The van der Waals surface area contributed by atoms with Crippen molar-refractivity contribution >= 4 is 29.2 Å². The number of rotatable bonds is 3. The van der Waals surface area contributed by atoms with Crippen molar-refractivity contribution in [3.63, 3.8) is 0 Å². The van der Waals surface area contributed by atoms with Crippen LogP contribution in [0.15, 0.2) is 58.0 Å². The minimum Gasteiger partial charge on any atom is -0.462 e. The molecule has 1 aliphatic heterocycles. The van der Waals surface area contributed by atoms with E-state index in [1.165, 1.54) is 43.2 Å². The molecule has 0 aromatic carbocycles. The van der Waals surface area contributed by atoms with E-state index in [1.54, 1.807) is 0 Å². The average molecular weight is 445 g/mol. The molecular weight excluding hydrogens is 413 g/mol. The van der Waals surface area contributed by atoms with E-state index in [2.05, 4.69) is 14.8 Å². The van der Waals surface area contributed by atoms with Crippen molar-refractivity contribution in [2.45, 2.75) is 63.6 Å². The second kappa shape index (κ2) is 10.1. The Bertz CT molecular complexity index is 1170. The van der Waals surface area contributed by atoms with Gasteiger partial charge in [-0.05, 0) is 81.7 Å². The Balaban J connectivity index is 0.000000140. The van der Waals surface area contributed by atoms with Gasteiger partial charge in [0.25, 0.3) is 0 Å². The van der Waals surface area contributed by atoms with Crippen molar-refractivity contribution in [3.8, 4) is 0 Å². The minimum atomic E-state index is -0.342. The molecule has 4 aromatic rings. The highest BCUT2D eigenvalue weighted by Gasteiger charge is 2.27. The molecule has 0 spiro atoms. The number of hydrogen-bond donors (Lipinski definition) is 1. The molecule has 0 radical (unpaired) electrons.